The van der Waals surface area contributed by atoms with Gasteiger partial charge in [-0.1, -0.05) is 62.9 Å². The summed E-state index contributed by atoms with van der Waals surface area (Å²) in [5.41, 5.74) is -1.55. The Morgan fingerprint density at radius 2 is 1.86 bits per heavy atom. The molecule has 1 heterocycles. The fraction of sp³-hybridized carbons (Fsp3) is 0.500. The summed E-state index contributed by atoms with van der Waals surface area (Å²) in [6.45, 7) is 10.5. The van der Waals surface area contributed by atoms with Crippen molar-refractivity contribution in [1.82, 2.24) is 5.32 Å². The maximum absolute atomic E-state index is 14.2. The minimum atomic E-state index is -1.82. The van der Waals surface area contributed by atoms with Gasteiger partial charge in [-0.2, -0.15) is 0 Å². The molecule has 2 fully saturated rings. The van der Waals surface area contributed by atoms with E-state index in [1.54, 1.807) is 19.1 Å². The molecular formula is C30H37NO6. The number of hydrogen-bond acceptors (Lipinski definition) is 6. The van der Waals surface area contributed by atoms with Crippen molar-refractivity contribution in [3.05, 3.63) is 72.4 Å². The Morgan fingerprint density at radius 3 is 2.51 bits per heavy atom. The second kappa shape index (κ2) is 10.0. The van der Waals surface area contributed by atoms with E-state index < -0.39 is 46.9 Å². The van der Waals surface area contributed by atoms with E-state index in [1.807, 2.05) is 37.3 Å². The van der Waals surface area contributed by atoms with Crippen LogP contribution in [0, 0.1) is 29.1 Å². The Kier molecular flexibility index (Phi) is 7.32. The molecule has 1 saturated carbocycles. The zero-order valence-electron chi connectivity index (χ0n) is 21.9. The maximum Gasteiger partial charge on any atom is 0.303 e. The molecule has 1 saturated heterocycles. The predicted octanol–water partition coefficient (Wildman–Crippen LogP) is 2.92. The van der Waals surface area contributed by atoms with E-state index in [-0.39, 0.29) is 23.7 Å². The van der Waals surface area contributed by atoms with Crippen LogP contribution in [0.4, 0.5) is 0 Å². The molecule has 0 bridgehead atoms. The maximum atomic E-state index is 14.2. The number of aliphatic hydroxyl groups is 2. The number of hydrogen-bond donors (Lipinski definition) is 3. The number of benzene rings is 1. The molecule has 3 aliphatic rings. The van der Waals surface area contributed by atoms with Crippen molar-refractivity contribution in [3.8, 4) is 0 Å². The number of carbonyl (C=O) groups excluding carboxylic acids is 3. The molecule has 2 aliphatic carbocycles. The first-order valence-corrected chi connectivity index (χ1v) is 12.9. The summed E-state index contributed by atoms with van der Waals surface area (Å²) in [5, 5.41) is 25.7. The van der Waals surface area contributed by atoms with E-state index in [2.05, 4.69) is 11.9 Å². The fourth-order valence-corrected chi connectivity index (χ4v) is 6.68. The van der Waals surface area contributed by atoms with Gasteiger partial charge in [-0.05, 0) is 49.0 Å². The van der Waals surface area contributed by atoms with Gasteiger partial charge in [0.15, 0.2) is 5.78 Å². The fourth-order valence-electron chi connectivity index (χ4n) is 6.68. The zero-order valence-corrected chi connectivity index (χ0v) is 21.9. The first kappa shape index (κ1) is 27.0. The van der Waals surface area contributed by atoms with Crippen LogP contribution in [-0.2, 0) is 25.5 Å². The number of rotatable bonds is 3. The molecule has 1 aliphatic heterocycles. The summed E-state index contributed by atoms with van der Waals surface area (Å²) in [6.07, 6.45) is 5.01. The first-order valence-electron chi connectivity index (χ1n) is 12.9. The van der Waals surface area contributed by atoms with E-state index in [1.165, 1.54) is 26.0 Å². The second-order valence-electron chi connectivity index (χ2n) is 11.0. The van der Waals surface area contributed by atoms with Crippen LogP contribution < -0.4 is 5.32 Å². The highest BCUT2D eigenvalue weighted by Crippen LogP contribution is 2.58. The average Bonchev–Trinajstić information content (AvgIpc) is 3.13. The molecule has 3 N–H and O–H groups in total. The van der Waals surface area contributed by atoms with Crippen molar-refractivity contribution >= 4 is 17.7 Å². The number of Topliss-reactive ketones (excluding diaryl/α,β-unsaturated/α-hetero) is 1. The number of aliphatic hydroxyl groups excluding tert-OH is 1. The molecule has 1 spiro atoms. The van der Waals surface area contributed by atoms with Gasteiger partial charge >= 0.3 is 5.97 Å². The second-order valence-corrected chi connectivity index (χ2v) is 11.0. The molecule has 4 rings (SSSR count). The number of esters is 1. The Morgan fingerprint density at radius 1 is 1.19 bits per heavy atom. The summed E-state index contributed by atoms with van der Waals surface area (Å²) in [6, 6.07) is 9.49. The minimum Gasteiger partial charge on any atom is -0.457 e. The molecule has 1 aromatic rings. The predicted molar refractivity (Wildman–Crippen MR) is 139 cm³/mol. The van der Waals surface area contributed by atoms with E-state index in [0.717, 1.165) is 5.56 Å². The quantitative estimate of drug-likeness (QED) is 0.428. The number of ketones is 1. The molecule has 0 radical (unpaired) electrons. The van der Waals surface area contributed by atoms with Crippen LogP contribution >= 0.6 is 0 Å². The number of nitrogens with one attached hydrogen (secondary N) is 1. The van der Waals surface area contributed by atoms with Crippen LogP contribution in [0.2, 0.25) is 0 Å². The Bertz CT molecular complexity index is 1140. The lowest BCUT2D eigenvalue weighted by Gasteiger charge is -2.52. The summed E-state index contributed by atoms with van der Waals surface area (Å²) >= 11 is 0. The number of amides is 1. The number of carbonyl (C=O) groups is 3. The lowest BCUT2D eigenvalue weighted by Crippen LogP contribution is -2.60. The monoisotopic (exact) mass is 507 g/mol. The molecule has 0 aromatic heterocycles. The highest BCUT2D eigenvalue weighted by molar-refractivity contribution is 5.91. The summed E-state index contributed by atoms with van der Waals surface area (Å²) in [7, 11) is 0. The third kappa shape index (κ3) is 4.59. The third-order valence-corrected chi connectivity index (χ3v) is 8.53. The van der Waals surface area contributed by atoms with Crippen LogP contribution in [0.3, 0.4) is 0 Å². The van der Waals surface area contributed by atoms with Gasteiger partial charge in [0.25, 0.3) is 0 Å². The van der Waals surface area contributed by atoms with E-state index in [9.17, 15) is 24.6 Å². The molecular weight excluding hydrogens is 470 g/mol. The smallest absolute Gasteiger partial charge is 0.303 e. The zero-order chi connectivity index (χ0) is 27.1. The molecule has 1 amide bonds. The minimum absolute atomic E-state index is 0.287. The summed E-state index contributed by atoms with van der Waals surface area (Å²) in [4.78, 5) is 39.5. The Labute approximate surface area is 218 Å². The summed E-state index contributed by atoms with van der Waals surface area (Å²) < 4.78 is 5.81. The lowest BCUT2D eigenvalue weighted by atomic mass is 9.51. The van der Waals surface area contributed by atoms with E-state index in [0.29, 0.717) is 18.4 Å². The van der Waals surface area contributed by atoms with Gasteiger partial charge in [-0.25, -0.2) is 0 Å². The molecule has 1 aromatic carbocycles. The van der Waals surface area contributed by atoms with Gasteiger partial charge in [-0.3, -0.25) is 14.4 Å². The van der Waals surface area contributed by atoms with Crippen molar-refractivity contribution in [2.45, 2.75) is 64.4 Å². The van der Waals surface area contributed by atoms with Gasteiger partial charge < -0.3 is 20.3 Å². The normalized spacial score (nSPS) is 41.6. The molecule has 7 nitrogen and oxygen atoms in total. The van der Waals surface area contributed by atoms with Crippen LogP contribution in [0.15, 0.2) is 66.8 Å². The SMILES string of the molecule is C=C1[C@@H](O)C2/C=C/C[C@H](C)C(=O)[C@](C)(O)/C=C/C(OC(C)=O)[C@]23C(=O)N[C@@H](Cc2ccccc2)[C@@H]3[C@@H]1C. The van der Waals surface area contributed by atoms with E-state index >= 15 is 0 Å². The van der Waals surface area contributed by atoms with Crippen molar-refractivity contribution in [2.75, 3.05) is 0 Å². The molecule has 2 unspecified atom stereocenters. The van der Waals surface area contributed by atoms with Crippen LogP contribution in [-0.4, -0.2) is 51.7 Å². The number of ether oxygens (including phenoxy) is 1. The molecule has 37 heavy (non-hydrogen) atoms. The number of allylic oxidation sites excluding steroid dienone is 1. The lowest BCUT2D eigenvalue weighted by molar-refractivity contribution is -0.166. The van der Waals surface area contributed by atoms with Crippen LogP contribution in [0.1, 0.15) is 39.7 Å². The Balaban J connectivity index is 1.94. The molecule has 198 valence electrons. The molecule has 7 heteroatoms. The van der Waals surface area contributed by atoms with E-state index in [4.69, 9.17) is 4.74 Å². The van der Waals surface area contributed by atoms with Crippen molar-refractivity contribution < 1.29 is 29.3 Å². The van der Waals surface area contributed by atoms with Crippen molar-refractivity contribution in [1.29, 1.82) is 0 Å². The summed E-state index contributed by atoms with van der Waals surface area (Å²) in [5.74, 6) is -3.26. The van der Waals surface area contributed by atoms with Gasteiger partial charge in [0, 0.05) is 30.7 Å². The topological polar surface area (TPSA) is 113 Å². The first-order chi connectivity index (χ1) is 17.4. The molecule has 9 atom stereocenters. The van der Waals surface area contributed by atoms with Gasteiger partial charge in [0.05, 0.1) is 6.10 Å². The van der Waals surface area contributed by atoms with Crippen molar-refractivity contribution in [3.63, 3.8) is 0 Å². The van der Waals surface area contributed by atoms with Gasteiger partial charge in [0.1, 0.15) is 17.1 Å². The van der Waals surface area contributed by atoms with Gasteiger partial charge in [-0.15, -0.1) is 0 Å². The standard InChI is InChI=1S/C30H37NO6/c1-17-10-9-13-22-26(33)19(3)18(2)25-23(16-21-11-7-6-8-12-21)31-28(35)30(22,25)24(37-20(4)32)14-15-29(5,36)27(17)34/h6-9,11-15,17-18,22-26,33,36H,3,10,16H2,1-2,4-5H3,(H,31,35)/b13-9+,15-14+/t17-,18+,22?,23-,24?,25-,26+,29+,30+/m0/s1. The Hall–Kier alpha value is -3.03. The highest BCUT2D eigenvalue weighted by atomic mass is 16.5. The average molecular weight is 508 g/mol. The van der Waals surface area contributed by atoms with Crippen molar-refractivity contribution in [2.24, 2.45) is 29.1 Å². The highest BCUT2D eigenvalue weighted by Gasteiger charge is 2.68. The third-order valence-electron chi connectivity index (χ3n) is 8.53. The van der Waals surface area contributed by atoms with Crippen LogP contribution in [0.25, 0.3) is 0 Å². The van der Waals surface area contributed by atoms with Gasteiger partial charge in [0.2, 0.25) is 5.91 Å². The largest absolute Gasteiger partial charge is 0.457 e. The van der Waals surface area contributed by atoms with Crippen LogP contribution in [0.5, 0.6) is 0 Å².